The van der Waals surface area contributed by atoms with Gasteiger partial charge in [-0.3, -0.25) is 0 Å². The number of aromatic nitrogens is 2. The van der Waals surface area contributed by atoms with Gasteiger partial charge < -0.3 is 20.1 Å². The van der Waals surface area contributed by atoms with E-state index >= 15 is 4.39 Å². The average molecular weight is 771 g/mol. The number of thioether (sulfide) groups is 1. The maximum atomic E-state index is 15.8. The Morgan fingerprint density at radius 3 is 2.32 bits per heavy atom. The summed E-state index contributed by atoms with van der Waals surface area (Å²) in [5.74, 6) is -2.06. The average Bonchev–Trinajstić information content (AvgIpc) is 3.39. The van der Waals surface area contributed by atoms with E-state index in [0.717, 1.165) is 23.4 Å². The number of halogens is 4. The molecule has 270 valence electrons. The van der Waals surface area contributed by atoms with Crippen LogP contribution in [0, 0.1) is 11.6 Å². The van der Waals surface area contributed by atoms with Crippen LogP contribution in [0.15, 0.2) is 64.6 Å². The Kier molecular flexibility index (Phi) is 12.3. The van der Waals surface area contributed by atoms with Gasteiger partial charge in [-0.25, -0.2) is 22.4 Å². The summed E-state index contributed by atoms with van der Waals surface area (Å²) in [4.78, 5) is 16.6. The van der Waals surface area contributed by atoms with Crippen molar-refractivity contribution in [3.05, 3.63) is 93.1 Å². The minimum Gasteiger partial charge on any atom is -0.495 e. The van der Waals surface area contributed by atoms with Crippen LogP contribution < -0.4 is 10.5 Å². The van der Waals surface area contributed by atoms with Crippen molar-refractivity contribution in [2.75, 3.05) is 27.7 Å². The molecule has 3 aromatic carbocycles. The Morgan fingerprint density at radius 1 is 1.08 bits per heavy atom. The molecule has 0 bridgehead atoms. The highest BCUT2D eigenvalue weighted by Crippen LogP contribution is 2.43. The number of quaternary nitrogens is 1. The van der Waals surface area contributed by atoms with Crippen molar-refractivity contribution in [2.45, 2.75) is 60.4 Å². The van der Waals surface area contributed by atoms with Gasteiger partial charge in [-0.2, -0.15) is 8.42 Å². The number of hydrogen-bond donors (Lipinski definition) is 2. The number of nitrogens with zero attached hydrogens (tertiary/aromatic N) is 3. The number of nitrogens with two attached hydrogens (primary N) is 1. The zero-order valence-corrected chi connectivity index (χ0v) is 31.8. The molecule has 0 aliphatic carbocycles. The molecular formula is C35H41Cl2F2N4O5S2+. The Labute approximate surface area is 306 Å². The Hall–Kier alpha value is -3.20. The molecule has 0 unspecified atom stereocenters. The number of ether oxygens (including phenoxy) is 1. The van der Waals surface area contributed by atoms with E-state index < -0.39 is 47.9 Å². The first kappa shape index (κ1) is 39.6. The first-order valence-corrected chi connectivity index (χ1v) is 18.9. The molecule has 4 aromatic rings. The normalized spacial score (nSPS) is 13.0. The molecule has 0 spiro atoms. The summed E-state index contributed by atoms with van der Waals surface area (Å²) in [5, 5.41) is 10.7. The van der Waals surface area contributed by atoms with Gasteiger partial charge in [-0.1, -0.05) is 54.9 Å². The van der Waals surface area contributed by atoms with Gasteiger partial charge in [0.25, 0.3) is 0 Å². The molecule has 0 aliphatic rings. The SMILES string of the molecule is COc1cc(C(C)(C)c2c(-c3ccc(F)cc3)nc(SCc3c(F)cc(S(=O)(=O)[N+](C)(C)[C@@H](CCCCN)C(=O)O)cc3Cl)n2C)ccc1Cl. The van der Waals surface area contributed by atoms with E-state index in [9.17, 15) is 22.7 Å². The highest BCUT2D eigenvalue weighted by atomic mass is 35.5. The molecule has 0 aliphatic heterocycles. The third-order valence-electron chi connectivity index (χ3n) is 8.98. The second kappa shape index (κ2) is 15.6. The van der Waals surface area contributed by atoms with Crippen molar-refractivity contribution in [3.63, 3.8) is 0 Å². The Bertz CT molecular complexity index is 1960. The number of hydrogen-bond acceptors (Lipinski definition) is 7. The molecule has 4 rings (SSSR count). The minimum absolute atomic E-state index is 0.0115. The fourth-order valence-electron chi connectivity index (χ4n) is 5.94. The van der Waals surface area contributed by atoms with E-state index in [4.69, 9.17) is 38.7 Å². The summed E-state index contributed by atoms with van der Waals surface area (Å²) in [5.41, 5.74) is 7.82. The lowest BCUT2D eigenvalue weighted by Gasteiger charge is -2.34. The highest BCUT2D eigenvalue weighted by Gasteiger charge is 2.46. The topological polar surface area (TPSA) is 125 Å². The van der Waals surface area contributed by atoms with Gasteiger partial charge in [-0.15, -0.1) is 0 Å². The summed E-state index contributed by atoms with van der Waals surface area (Å²) in [6.45, 7) is 4.36. The number of unbranched alkanes of at least 4 members (excludes halogenated alkanes) is 1. The number of likely N-dealkylation sites (N-methyl/N-ethyl adjacent to an activating group) is 1. The number of aliphatic carboxylic acids is 1. The molecule has 15 heteroatoms. The molecule has 0 fully saturated rings. The van der Waals surface area contributed by atoms with Crippen LogP contribution >= 0.6 is 35.0 Å². The lowest BCUT2D eigenvalue weighted by Crippen LogP contribution is -2.56. The lowest BCUT2D eigenvalue weighted by atomic mass is 9.79. The molecule has 50 heavy (non-hydrogen) atoms. The first-order chi connectivity index (χ1) is 23.4. The molecule has 1 heterocycles. The molecule has 9 nitrogen and oxygen atoms in total. The number of rotatable bonds is 15. The van der Waals surface area contributed by atoms with Crippen LogP contribution in [0.4, 0.5) is 8.78 Å². The quantitative estimate of drug-likeness (QED) is 0.0719. The number of benzene rings is 3. The Balaban J connectivity index is 1.72. The molecule has 0 saturated carbocycles. The van der Waals surface area contributed by atoms with Gasteiger partial charge in [0, 0.05) is 40.8 Å². The number of carbonyl (C=O) groups is 1. The summed E-state index contributed by atoms with van der Waals surface area (Å²) in [6.07, 6.45) is 1.02. The van der Waals surface area contributed by atoms with Crippen molar-refractivity contribution in [3.8, 4) is 17.0 Å². The van der Waals surface area contributed by atoms with Gasteiger partial charge >= 0.3 is 16.0 Å². The summed E-state index contributed by atoms with van der Waals surface area (Å²) in [7, 11) is 1.49. The van der Waals surface area contributed by atoms with Crippen LogP contribution in [0.2, 0.25) is 10.0 Å². The van der Waals surface area contributed by atoms with Crippen molar-refractivity contribution < 1.29 is 35.7 Å². The largest absolute Gasteiger partial charge is 0.495 e. The maximum absolute atomic E-state index is 15.8. The summed E-state index contributed by atoms with van der Waals surface area (Å²) >= 11 is 14.0. The fraction of sp³-hybridized carbons (Fsp3) is 0.371. The van der Waals surface area contributed by atoms with E-state index in [1.54, 1.807) is 18.2 Å². The number of carboxylic acid groups (broad SMARTS) is 1. The van der Waals surface area contributed by atoms with E-state index in [1.165, 1.54) is 45.1 Å². The summed E-state index contributed by atoms with van der Waals surface area (Å²) in [6, 6.07) is 12.2. The van der Waals surface area contributed by atoms with Crippen LogP contribution in [0.1, 0.15) is 49.9 Å². The standard InChI is InChI=1S/C35H40Cl2F2N4O5S2/c1-35(2,22-12-15-26(36)30(17-22)48-6)32-31(21-10-13-23(38)14-11-21)41-34(42(32)3)49-20-25-27(37)18-24(19-28(25)39)50(46,47)43(4,5)29(33(44)45)9-7-8-16-40/h10-15,17-19,29H,7-9,16,20,40H2,1-6H3/p+1/t29-/m0/s1. The van der Waals surface area contributed by atoms with Crippen LogP contribution in [-0.2, 0) is 33.0 Å². The second-order valence-electron chi connectivity index (χ2n) is 12.8. The van der Waals surface area contributed by atoms with Gasteiger partial charge in [0.05, 0.1) is 37.6 Å². The maximum Gasteiger partial charge on any atom is 0.363 e. The van der Waals surface area contributed by atoms with Gasteiger partial charge in [0.2, 0.25) is 6.04 Å². The molecule has 1 atom stereocenters. The molecule has 0 saturated heterocycles. The van der Waals surface area contributed by atoms with E-state index in [1.807, 2.05) is 37.6 Å². The highest BCUT2D eigenvalue weighted by molar-refractivity contribution is 7.98. The first-order valence-electron chi connectivity index (χ1n) is 15.7. The predicted molar refractivity (Wildman–Crippen MR) is 193 cm³/mol. The van der Waals surface area contributed by atoms with E-state index in [-0.39, 0.29) is 22.8 Å². The van der Waals surface area contributed by atoms with Gasteiger partial charge in [-0.05, 0) is 73.5 Å². The summed E-state index contributed by atoms with van der Waals surface area (Å²) < 4.78 is 63.6. The van der Waals surface area contributed by atoms with Crippen molar-refractivity contribution >= 4 is 51.0 Å². The number of carboxylic acids is 1. The lowest BCUT2D eigenvalue weighted by molar-refractivity contribution is -0.782. The van der Waals surface area contributed by atoms with Crippen LogP contribution in [0.25, 0.3) is 11.3 Å². The van der Waals surface area contributed by atoms with Crippen LogP contribution in [-0.4, -0.2) is 66.7 Å². The monoisotopic (exact) mass is 769 g/mol. The predicted octanol–water partition coefficient (Wildman–Crippen LogP) is 7.65. The van der Waals surface area contributed by atoms with Crippen molar-refractivity contribution in [2.24, 2.45) is 12.8 Å². The van der Waals surface area contributed by atoms with Gasteiger partial charge in [0.15, 0.2) is 5.16 Å². The number of imidazole rings is 1. The molecule has 3 N–H and O–H groups in total. The number of methoxy groups -OCH3 is 1. The van der Waals surface area contributed by atoms with Crippen LogP contribution in [0.5, 0.6) is 5.75 Å². The third-order valence-corrected chi connectivity index (χ3v) is 13.0. The zero-order valence-electron chi connectivity index (χ0n) is 28.6. The molecule has 1 aromatic heterocycles. The third kappa shape index (κ3) is 7.83. The molecule has 0 amide bonds. The molecule has 0 radical (unpaired) electrons. The minimum atomic E-state index is -4.41. The van der Waals surface area contributed by atoms with E-state index in [2.05, 4.69) is 0 Å². The van der Waals surface area contributed by atoms with E-state index in [0.29, 0.717) is 46.6 Å². The molecular weight excluding hydrogens is 729 g/mol. The second-order valence-corrected chi connectivity index (χ2v) is 17.0. The van der Waals surface area contributed by atoms with Gasteiger partial charge in [0.1, 0.15) is 22.3 Å². The van der Waals surface area contributed by atoms with Crippen molar-refractivity contribution in [1.29, 1.82) is 0 Å². The number of sulfonamides is 1. The van der Waals surface area contributed by atoms with Crippen molar-refractivity contribution in [1.82, 2.24) is 9.55 Å². The fourth-order valence-corrected chi connectivity index (χ4v) is 9.16. The zero-order chi connectivity index (χ0) is 37.2. The smallest absolute Gasteiger partial charge is 0.363 e. The van der Waals surface area contributed by atoms with Crippen LogP contribution in [0.3, 0.4) is 0 Å². The Morgan fingerprint density at radius 2 is 1.74 bits per heavy atom.